The molecule has 0 heterocycles. The van der Waals surface area contributed by atoms with E-state index in [9.17, 15) is 37.5 Å². The number of carbonyl (C=O) groups is 5. The molecule has 0 unspecified atom stereocenters. The van der Waals surface area contributed by atoms with Gasteiger partial charge in [0.15, 0.2) is 11.6 Å². The number of carboxylic acid groups (broad SMARTS) is 1. The fourth-order valence-corrected chi connectivity index (χ4v) is 14.2. The molecule has 0 aromatic heterocycles. The molecule has 0 bridgehead atoms. The van der Waals surface area contributed by atoms with Gasteiger partial charge < -0.3 is 14.9 Å². The van der Waals surface area contributed by atoms with Crippen LogP contribution in [0.5, 0.6) is 5.75 Å². The molecule has 0 radical (unpaired) electrons. The number of carboxylic acids is 1. The summed E-state index contributed by atoms with van der Waals surface area (Å²) in [6.45, 7) is 71.4. The number of rotatable bonds is 7. The fourth-order valence-electron chi connectivity index (χ4n) is 12.8. The molecule has 654 valence electrons. The number of ether oxygens (including phenoxy) is 1. The Balaban J connectivity index is 0.000000665. The van der Waals surface area contributed by atoms with E-state index < -0.39 is 16.0 Å². The number of hydrogen-bond donors (Lipinski definition) is 3. The van der Waals surface area contributed by atoms with Crippen molar-refractivity contribution in [3.63, 3.8) is 0 Å². The Morgan fingerprint density at radius 2 is 0.890 bits per heavy atom. The molecule has 0 amide bonds. The lowest BCUT2D eigenvalue weighted by Gasteiger charge is -2.37. The van der Waals surface area contributed by atoms with Gasteiger partial charge in [0.25, 0.3) is 0 Å². The van der Waals surface area contributed by atoms with E-state index in [1.165, 1.54) is 46.4 Å². The topological polar surface area (TPSA) is 195 Å². The highest BCUT2D eigenvalue weighted by molar-refractivity contribution is 7.89. The molecule has 7 aromatic carbocycles. The highest BCUT2D eigenvalue weighted by Crippen LogP contribution is 2.43. The van der Waals surface area contributed by atoms with Crippen molar-refractivity contribution < 1.29 is 47.3 Å². The number of aromatic carboxylic acids is 1. The van der Waals surface area contributed by atoms with Gasteiger partial charge in [0.1, 0.15) is 23.1 Å². The summed E-state index contributed by atoms with van der Waals surface area (Å²) in [5.41, 5.74) is 11.5. The van der Waals surface area contributed by atoms with Crippen LogP contribution in [0.25, 0.3) is 0 Å². The van der Waals surface area contributed by atoms with E-state index in [1.54, 1.807) is 31.2 Å². The van der Waals surface area contributed by atoms with Crippen LogP contribution in [-0.4, -0.2) is 54.3 Å². The summed E-state index contributed by atoms with van der Waals surface area (Å²) in [5, 5.41) is 26.6. The molecule has 2 aliphatic rings. The number of ketones is 4. The van der Waals surface area contributed by atoms with Gasteiger partial charge >= 0.3 is 5.97 Å². The van der Waals surface area contributed by atoms with Crippen LogP contribution < -0.4 is 9.88 Å². The van der Waals surface area contributed by atoms with E-state index in [4.69, 9.17) is 61.4 Å². The number of carbonyl (C=O) groups excluding carboxylic acids is 4. The standard InChI is InChI=1S/C14H22O.2C12H20O2.C12H16O2.C12H16O.C10H12Cl2.2C10H13Cl.C10H15NO2S/c1-5-6-10-15-13-9-7-8-12(11-13)14(2,3)4;2*1-11(2,3)10-8(13)6-12(4,5)7-9(10)14;1-8-5-6-9(11(13)14)7-10(8)12(2,3)4;1-9(13)10-6-5-7-11(8-10)12(2,3)4;1-10(2,3)7-4-5-8(11)9(12)6-7;1-10(2,3)8-5-4-6-9(11)7-8;1-10(2,3)8-6-4-5-7-9(8)11;1-10(2,3)8-4-6-9(7-5-8)14(11,12)13/h7-9,11H,5-6,10H2,1-4H3;13H,6-7H2,1-5H3;10H,6-7H2,1-5H3;5-7H,1-4H3,(H,13,14);5-8H,1-4H3;4-6H,1-3H3;2*4-7H,1-3H3;4-7H,1-3H3,(H2,11,12,13). The van der Waals surface area contributed by atoms with Crippen LogP contribution in [0.3, 0.4) is 0 Å². The number of hydrogen-bond acceptors (Lipinski definition) is 9. The number of primary sulfonamides is 1. The first kappa shape index (κ1) is 109. The number of aliphatic hydroxyl groups excluding tert-OH is 1. The van der Waals surface area contributed by atoms with Gasteiger partial charge in [-0.25, -0.2) is 18.4 Å². The molecule has 16 heteroatoms. The third kappa shape index (κ3) is 39.7. The predicted molar refractivity (Wildman–Crippen MR) is 503 cm³/mol. The average molecular weight is 1720 g/mol. The summed E-state index contributed by atoms with van der Waals surface area (Å²) in [6, 6.07) is 49.9. The zero-order valence-corrected chi connectivity index (χ0v) is 82.0. The average Bonchev–Trinajstić information content (AvgIpc) is 0.791. The van der Waals surface area contributed by atoms with Crippen molar-refractivity contribution in [1.82, 2.24) is 0 Å². The van der Waals surface area contributed by atoms with Crippen LogP contribution in [0.4, 0.5) is 0 Å². The summed E-state index contributed by atoms with van der Waals surface area (Å²) in [4.78, 5) is 57.6. The van der Waals surface area contributed by atoms with E-state index in [0.717, 1.165) is 51.1 Å². The van der Waals surface area contributed by atoms with Crippen LogP contribution in [0.15, 0.2) is 174 Å². The Hall–Kier alpha value is -6.90. The third-order valence-electron chi connectivity index (χ3n) is 19.5. The van der Waals surface area contributed by atoms with Gasteiger partial charge in [-0.3, -0.25) is 19.2 Å². The molecule has 9 rings (SSSR count). The van der Waals surface area contributed by atoms with Crippen molar-refractivity contribution in [1.29, 1.82) is 0 Å². The molecule has 2 aliphatic carbocycles. The van der Waals surface area contributed by atoms with Gasteiger partial charge in [0.2, 0.25) is 10.0 Å². The van der Waals surface area contributed by atoms with Crippen molar-refractivity contribution >= 4 is 85.5 Å². The van der Waals surface area contributed by atoms with Gasteiger partial charge in [-0.2, -0.15) is 0 Å². The van der Waals surface area contributed by atoms with Gasteiger partial charge in [-0.1, -0.05) is 359 Å². The molecule has 0 atom stereocenters. The lowest BCUT2D eigenvalue weighted by molar-refractivity contribution is -0.144. The minimum Gasteiger partial charge on any atom is -0.512 e. The SMILES string of the molecule is CC(=O)c1cccc(C(C)(C)C)c1.CC(C)(C)c1ccc(Cl)c(Cl)c1.CC(C)(C)c1ccc(S(N)(=O)=O)cc1.CC(C)(C)c1cccc(Cl)c1.CC(C)(C)c1ccccc1Cl.CC1(C)CC(=O)C(C(C)(C)C)=C(O)C1.CC1(C)CC(=O)C(C(C)(C)C)C(=O)C1.CCCCOc1cccc(C(C)(C)C)c1.Cc1ccc(C(=O)O)cc1C(C)(C)C. The van der Waals surface area contributed by atoms with Crippen LogP contribution in [0.2, 0.25) is 20.1 Å². The lowest BCUT2D eigenvalue weighted by Crippen LogP contribution is -2.43. The van der Waals surface area contributed by atoms with Crippen molar-refractivity contribution in [3.05, 3.63) is 245 Å². The number of Topliss-reactive ketones (excluding diaryl/α,β-unsaturated/α-hetero) is 4. The smallest absolute Gasteiger partial charge is 0.335 e. The maximum Gasteiger partial charge on any atom is 0.335 e. The third-order valence-corrected chi connectivity index (χ3v) is 21.8. The Bertz CT molecular complexity index is 4560. The summed E-state index contributed by atoms with van der Waals surface area (Å²) in [7, 11) is -3.57. The van der Waals surface area contributed by atoms with E-state index >= 15 is 0 Å². The minimum absolute atomic E-state index is 0.00442. The number of allylic oxidation sites excluding steroid dienone is 2. The van der Waals surface area contributed by atoms with Crippen molar-refractivity contribution in [2.75, 3.05) is 6.61 Å². The second-order valence-corrected chi connectivity index (χ2v) is 45.1. The van der Waals surface area contributed by atoms with Crippen LogP contribution in [0, 0.1) is 34.5 Å². The number of benzene rings is 7. The van der Waals surface area contributed by atoms with Crippen LogP contribution >= 0.6 is 46.4 Å². The first-order valence-corrected chi connectivity index (χ1v) is 44.0. The first-order valence-electron chi connectivity index (χ1n) is 41.0. The monoisotopic (exact) mass is 1720 g/mol. The maximum atomic E-state index is 11.8. The van der Waals surface area contributed by atoms with E-state index in [0.29, 0.717) is 52.6 Å². The van der Waals surface area contributed by atoms with Crippen molar-refractivity contribution in [3.8, 4) is 5.75 Å². The molecule has 1 fully saturated rings. The number of aryl methyl sites for hydroxylation is 1. The molecular formula is C102H147Cl4NO10S. The highest BCUT2D eigenvalue weighted by Gasteiger charge is 2.45. The highest BCUT2D eigenvalue weighted by atomic mass is 35.5. The minimum atomic E-state index is -3.57. The quantitative estimate of drug-likeness (QED) is 0.0785. The predicted octanol–water partition coefficient (Wildman–Crippen LogP) is 29.4. The van der Waals surface area contributed by atoms with E-state index in [-0.39, 0.29) is 93.5 Å². The second-order valence-electron chi connectivity index (χ2n) is 41.9. The zero-order valence-electron chi connectivity index (χ0n) is 78.2. The molecule has 0 saturated heterocycles. The largest absolute Gasteiger partial charge is 0.512 e. The van der Waals surface area contributed by atoms with E-state index in [2.05, 4.69) is 189 Å². The number of halogens is 4. The van der Waals surface area contributed by atoms with Gasteiger partial charge in [-0.15, -0.1) is 0 Å². The van der Waals surface area contributed by atoms with Gasteiger partial charge in [0.05, 0.1) is 33.0 Å². The Morgan fingerprint density at radius 3 is 1.27 bits per heavy atom. The molecule has 1 saturated carbocycles. The molecule has 0 spiro atoms. The molecule has 7 aromatic rings. The van der Waals surface area contributed by atoms with E-state index in [1.807, 2.05) is 161 Å². The summed E-state index contributed by atoms with van der Waals surface area (Å²) >= 11 is 23.5. The van der Waals surface area contributed by atoms with Crippen molar-refractivity contribution in [2.45, 2.75) is 317 Å². The number of unbranched alkanes of at least 4 members (excludes halogenated alkanes) is 1. The number of aliphatic hydroxyl groups is 1. The Kier molecular flexibility index (Phi) is 41.4. The van der Waals surface area contributed by atoms with Crippen molar-refractivity contribution in [2.24, 2.45) is 32.7 Å². The number of nitrogens with two attached hydrogens (primary N) is 1. The molecular weight excluding hydrogens is 1570 g/mol. The van der Waals surface area contributed by atoms with Gasteiger partial charge in [-0.05, 0) is 197 Å². The molecule has 4 N–H and O–H groups in total. The first-order chi connectivity index (χ1) is 53.2. The van der Waals surface area contributed by atoms with Gasteiger partial charge in [0, 0.05) is 46.9 Å². The second kappa shape index (κ2) is 44.8. The Morgan fingerprint density at radius 1 is 0.458 bits per heavy atom. The summed E-state index contributed by atoms with van der Waals surface area (Å²) in [6.07, 6.45) is 4.55. The lowest BCUT2D eigenvalue weighted by atomic mass is 9.64. The molecule has 11 nitrogen and oxygen atoms in total. The Labute approximate surface area is 734 Å². The van der Waals surface area contributed by atoms with Crippen LogP contribution in [0.1, 0.15) is 332 Å². The maximum absolute atomic E-state index is 11.8. The zero-order chi connectivity index (χ0) is 91.9. The molecule has 118 heavy (non-hydrogen) atoms. The summed E-state index contributed by atoms with van der Waals surface area (Å²) < 4.78 is 27.6. The normalized spacial score (nSPS) is 14.5. The van der Waals surface area contributed by atoms with Crippen LogP contribution in [-0.2, 0) is 62.3 Å². The number of sulfonamides is 1. The fraction of sp³-hybridized carbons (Fsp3) is 0.520. The molecule has 0 aliphatic heterocycles. The summed E-state index contributed by atoms with van der Waals surface area (Å²) in [5.74, 6) is 0.524.